The van der Waals surface area contributed by atoms with Gasteiger partial charge < -0.3 is 10.4 Å². The standard InChI is InChI=1S/C11H19NO/c13-4-3-12-10-6-9-7-1-2-8(5-7)11(9)10/h7-13H,1-6H2. The molecule has 0 aromatic carbocycles. The molecule has 3 aliphatic carbocycles. The van der Waals surface area contributed by atoms with E-state index in [9.17, 15) is 0 Å². The van der Waals surface area contributed by atoms with E-state index in [1.807, 2.05) is 0 Å². The smallest absolute Gasteiger partial charge is 0.0556 e. The van der Waals surface area contributed by atoms with E-state index in [0.29, 0.717) is 6.61 Å². The minimum atomic E-state index is 0.294. The maximum Gasteiger partial charge on any atom is 0.0556 e. The van der Waals surface area contributed by atoms with Gasteiger partial charge in [-0.2, -0.15) is 0 Å². The monoisotopic (exact) mass is 181 g/mol. The highest BCUT2D eigenvalue weighted by molar-refractivity contribution is 5.08. The van der Waals surface area contributed by atoms with Gasteiger partial charge in [-0.15, -0.1) is 0 Å². The summed E-state index contributed by atoms with van der Waals surface area (Å²) in [5, 5.41) is 12.2. The third-order valence-corrected chi connectivity index (χ3v) is 4.67. The molecule has 2 bridgehead atoms. The van der Waals surface area contributed by atoms with Crippen molar-refractivity contribution in [1.29, 1.82) is 0 Å². The molecular weight excluding hydrogens is 162 g/mol. The lowest BCUT2D eigenvalue weighted by Gasteiger charge is -2.48. The molecule has 0 radical (unpaired) electrons. The lowest BCUT2D eigenvalue weighted by molar-refractivity contribution is 0.0472. The molecule has 0 saturated heterocycles. The highest BCUT2D eigenvalue weighted by Gasteiger charge is 2.56. The van der Waals surface area contributed by atoms with E-state index in [1.165, 1.54) is 25.7 Å². The van der Waals surface area contributed by atoms with E-state index in [1.54, 1.807) is 0 Å². The summed E-state index contributed by atoms with van der Waals surface area (Å²) in [6.07, 6.45) is 5.92. The quantitative estimate of drug-likeness (QED) is 0.681. The lowest BCUT2D eigenvalue weighted by atomic mass is 9.62. The SMILES string of the molecule is OCCNC1CC2C3CCC(C3)C12. The first-order chi connectivity index (χ1) is 6.40. The van der Waals surface area contributed by atoms with E-state index in [-0.39, 0.29) is 0 Å². The Morgan fingerprint density at radius 3 is 2.77 bits per heavy atom. The average molecular weight is 181 g/mol. The van der Waals surface area contributed by atoms with Crippen LogP contribution in [0.3, 0.4) is 0 Å². The van der Waals surface area contributed by atoms with Gasteiger partial charge in [-0.3, -0.25) is 0 Å². The summed E-state index contributed by atoms with van der Waals surface area (Å²) < 4.78 is 0. The van der Waals surface area contributed by atoms with E-state index in [0.717, 1.165) is 36.3 Å². The van der Waals surface area contributed by atoms with Crippen LogP contribution in [0.5, 0.6) is 0 Å². The van der Waals surface area contributed by atoms with Gasteiger partial charge in [0.05, 0.1) is 6.61 Å². The van der Waals surface area contributed by atoms with Crippen LogP contribution in [0, 0.1) is 23.7 Å². The van der Waals surface area contributed by atoms with E-state index in [2.05, 4.69) is 5.32 Å². The summed E-state index contributed by atoms with van der Waals surface area (Å²) >= 11 is 0. The highest BCUT2D eigenvalue weighted by Crippen LogP contribution is 2.60. The Hall–Kier alpha value is -0.0800. The van der Waals surface area contributed by atoms with E-state index >= 15 is 0 Å². The normalized spacial score (nSPS) is 51.9. The first-order valence-corrected chi connectivity index (χ1v) is 5.74. The van der Waals surface area contributed by atoms with Gasteiger partial charge in [0, 0.05) is 12.6 Å². The van der Waals surface area contributed by atoms with Crippen LogP contribution in [0.1, 0.15) is 25.7 Å². The summed E-state index contributed by atoms with van der Waals surface area (Å²) in [5.41, 5.74) is 0. The van der Waals surface area contributed by atoms with Gasteiger partial charge in [0.25, 0.3) is 0 Å². The number of rotatable bonds is 3. The molecule has 0 aromatic heterocycles. The minimum Gasteiger partial charge on any atom is -0.395 e. The van der Waals surface area contributed by atoms with Crippen LogP contribution in [-0.4, -0.2) is 24.3 Å². The molecule has 5 atom stereocenters. The van der Waals surface area contributed by atoms with Crippen molar-refractivity contribution in [2.75, 3.05) is 13.2 Å². The second kappa shape index (κ2) is 2.96. The number of aliphatic hydroxyl groups is 1. The Balaban J connectivity index is 1.60. The Morgan fingerprint density at radius 2 is 2.00 bits per heavy atom. The molecule has 0 aliphatic heterocycles. The third kappa shape index (κ3) is 1.08. The van der Waals surface area contributed by atoms with Crippen molar-refractivity contribution < 1.29 is 5.11 Å². The fourth-order valence-electron chi connectivity index (χ4n) is 4.16. The molecule has 0 spiro atoms. The number of hydrogen-bond donors (Lipinski definition) is 2. The van der Waals surface area contributed by atoms with Crippen molar-refractivity contribution in [2.45, 2.75) is 31.7 Å². The summed E-state index contributed by atoms with van der Waals surface area (Å²) in [7, 11) is 0. The largest absolute Gasteiger partial charge is 0.395 e. The number of nitrogens with one attached hydrogen (secondary N) is 1. The molecule has 5 unspecified atom stereocenters. The zero-order valence-corrected chi connectivity index (χ0v) is 8.08. The van der Waals surface area contributed by atoms with Gasteiger partial charge in [-0.1, -0.05) is 0 Å². The zero-order chi connectivity index (χ0) is 8.84. The van der Waals surface area contributed by atoms with Crippen LogP contribution in [0.4, 0.5) is 0 Å². The number of fused-ring (bicyclic) bond motifs is 5. The minimum absolute atomic E-state index is 0.294. The van der Waals surface area contributed by atoms with Gasteiger partial charge in [-0.25, -0.2) is 0 Å². The average Bonchev–Trinajstić information content (AvgIpc) is 2.60. The molecule has 3 rings (SSSR count). The Kier molecular flexibility index (Phi) is 1.88. The van der Waals surface area contributed by atoms with Crippen LogP contribution in [0.25, 0.3) is 0 Å². The molecule has 2 nitrogen and oxygen atoms in total. The maximum atomic E-state index is 8.74. The van der Waals surface area contributed by atoms with Crippen molar-refractivity contribution in [3.8, 4) is 0 Å². The van der Waals surface area contributed by atoms with Crippen LogP contribution < -0.4 is 5.32 Å². The molecular formula is C11H19NO. The molecule has 2 N–H and O–H groups in total. The van der Waals surface area contributed by atoms with Gasteiger partial charge >= 0.3 is 0 Å². The summed E-state index contributed by atoms with van der Waals surface area (Å²) in [6, 6.07) is 0.757. The van der Waals surface area contributed by atoms with Crippen molar-refractivity contribution >= 4 is 0 Å². The lowest BCUT2D eigenvalue weighted by Crippen LogP contribution is -2.53. The predicted octanol–water partition coefficient (Wildman–Crippen LogP) is 1.00. The zero-order valence-electron chi connectivity index (χ0n) is 8.08. The fourth-order valence-corrected chi connectivity index (χ4v) is 4.16. The van der Waals surface area contributed by atoms with Crippen LogP contribution in [-0.2, 0) is 0 Å². The highest BCUT2D eigenvalue weighted by atomic mass is 16.3. The van der Waals surface area contributed by atoms with Crippen molar-refractivity contribution in [2.24, 2.45) is 23.7 Å². The summed E-state index contributed by atoms with van der Waals surface area (Å²) in [6.45, 7) is 1.09. The first-order valence-electron chi connectivity index (χ1n) is 5.74. The molecule has 0 aromatic rings. The molecule has 3 saturated carbocycles. The van der Waals surface area contributed by atoms with Crippen LogP contribution >= 0.6 is 0 Å². The summed E-state index contributed by atoms with van der Waals surface area (Å²) in [4.78, 5) is 0. The third-order valence-electron chi connectivity index (χ3n) is 4.67. The Bertz CT molecular complexity index is 204. The molecule has 2 heteroatoms. The van der Waals surface area contributed by atoms with E-state index in [4.69, 9.17) is 5.11 Å². The van der Waals surface area contributed by atoms with E-state index < -0.39 is 0 Å². The summed E-state index contributed by atoms with van der Waals surface area (Å²) in [5.74, 6) is 4.18. The van der Waals surface area contributed by atoms with Crippen LogP contribution in [0.15, 0.2) is 0 Å². The maximum absolute atomic E-state index is 8.74. The first kappa shape index (κ1) is 8.25. The van der Waals surface area contributed by atoms with Gasteiger partial charge in [0.2, 0.25) is 0 Å². The van der Waals surface area contributed by atoms with Gasteiger partial charge in [0.1, 0.15) is 0 Å². The molecule has 3 aliphatic rings. The fraction of sp³-hybridized carbons (Fsp3) is 1.00. The molecule has 74 valence electrons. The predicted molar refractivity (Wildman–Crippen MR) is 51.3 cm³/mol. The Morgan fingerprint density at radius 1 is 1.15 bits per heavy atom. The second-order valence-electron chi connectivity index (χ2n) is 5.09. The molecule has 0 amide bonds. The topological polar surface area (TPSA) is 32.3 Å². The Labute approximate surface area is 79.7 Å². The molecule has 13 heavy (non-hydrogen) atoms. The second-order valence-corrected chi connectivity index (χ2v) is 5.09. The number of aliphatic hydroxyl groups excluding tert-OH is 1. The van der Waals surface area contributed by atoms with Crippen molar-refractivity contribution in [3.05, 3.63) is 0 Å². The van der Waals surface area contributed by atoms with Gasteiger partial charge in [0.15, 0.2) is 0 Å². The van der Waals surface area contributed by atoms with Crippen molar-refractivity contribution in [3.63, 3.8) is 0 Å². The van der Waals surface area contributed by atoms with Crippen molar-refractivity contribution in [1.82, 2.24) is 5.32 Å². The number of hydrogen-bond acceptors (Lipinski definition) is 2. The van der Waals surface area contributed by atoms with Gasteiger partial charge in [-0.05, 0) is 49.4 Å². The molecule has 3 fully saturated rings. The van der Waals surface area contributed by atoms with Crippen LogP contribution in [0.2, 0.25) is 0 Å². The molecule has 0 heterocycles.